The fourth-order valence-electron chi connectivity index (χ4n) is 5.75. The number of piperidine rings is 1. The molecule has 5 heterocycles. The van der Waals surface area contributed by atoms with Crippen LogP contribution in [0.25, 0.3) is 22.2 Å². The summed E-state index contributed by atoms with van der Waals surface area (Å²) in [5, 5.41) is 22.0. The Morgan fingerprint density at radius 2 is 1.93 bits per heavy atom. The highest BCUT2D eigenvalue weighted by molar-refractivity contribution is 5.94. The Bertz CT molecular complexity index is 1510. The minimum absolute atomic E-state index is 0.0641. The molecule has 3 aliphatic rings. The summed E-state index contributed by atoms with van der Waals surface area (Å²) in [6, 6.07) is 10.3. The molecule has 0 bridgehead atoms. The summed E-state index contributed by atoms with van der Waals surface area (Å²) in [6.07, 6.45) is 6.88. The molecule has 42 heavy (non-hydrogen) atoms. The van der Waals surface area contributed by atoms with Gasteiger partial charge in [0, 0.05) is 49.3 Å². The molecule has 0 spiro atoms. The van der Waals surface area contributed by atoms with Crippen LogP contribution in [0.2, 0.25) is 0 Å². The molecule has 0 saturated carbocycles. The fraction of sp³-hybridized carbons (Fsp3) is 0.516. The number of ether oxygens (including phenoxy) is 3. The fourth-order valence-corrected chi connectivity index (χ4v) is 5.75. The molecule has 2 fully saturated rings. The van der Waals surface area contributed by atoms with Crippen molar-refractivity contribution in [3.63, 3.8) is 0 Å². The van der Waals surface area contributed by atoms with Crippen molar-refractivity contribution in [2.45, 2.75) is 70.2 Å². The number of H-pyrrole nitrogens is 1. The Labute approximate surface area is 245 Å². The average molecular weight is 572 g/mol. The molecule has 1 unspecified atom stereocenters. The maximum atomic E-state index is 12.4. The molecular formula is C31H37N7O4. The number of hydrogen-bond acceptors (Lipinski definition) is 9. The van der Waals surface area contributed by atoms with Crippen molar-refractivity contribution in [2.24, 2.45) is 10.3 Å². The van der Waals surface area contributed by atoms with Gasteiger partial charge in [-0.15, -0.1) is 0 Å². The summed E-state index contributed by atoms with van der Waals surface area (Å²) in [5.74, 6) is 0.607. The van der Waals surface area contributed by atoms with Gasteiger partial charge in [0.2, 0.25) is 0 Å². The molecule has 11 heteroatoms. The topological polar surface area (TPSA) is 128 Å². The molecular weight excluding hydrogens is 534 g/mol. The number of rotatable bonds is 5. The zero-order valence-corrected chi connectivity index (χ0v) is 24.4. The number of nitrogens with zero attached hydrogens (tertiary/aromatic N) is 6. The van der Waals surface area contributed by atoms with Crippen molar-refractivity contribution in [3.8, 4) is 22.9 Å². The molecule has 1 N–H and O–H groups in total. The van der Waals surface area contributed by atoms with Gasteiger partial charge in [-0.25, -0.2) is 9.78 Å². The lowest BCUT2D eigenvalue weighted by atomic mass is 10.0. The van der Waals surface area contributed by atoms with Crippen LogP contribution in [0.5, 0.6) is 5.75 Å². The molecule has 11 nitrogen and oxygen atoms in total. The highest BCUT2D eigenvalue weighted by Gasteiger charge is 2.33. The second-order valence-electron chi connectivity index (χ2n) is 12.2. The van der Waals surface area contributed by atoms with Crippen LogP contribution in [0.4, 0.5) is 4.79 Å². The molecule has 1 atom stereocenters. The van der Waals surface area contributed by atoms with Crippen LogP contribution in [0.3, 0.4) is 0 Å². The number of hydrogen-bond donors (Lipinski definition) is 1. The lowest BCUT2D eigenvalue weighted by molar-refractivity contribution is 0.0148. The van der Waals surface area contributed by atoms with Gasteiger partial charge >= 0.3 is 6.09 Å². The first-order valence-electron chi connectivity index (χ1n) is 14.7. The van der Waals surface area contributed by atoms with E-state index < -0.39 is 5.60 Å². The summed E-state index contributed by atoms with van der Waals surface area (Å²) in [6.45, 7) is 8.96. The van der Waals surface area contributed by atoms with Gasteiger partial charge in [0.1, 0.15) is 35.2 Å². The molecule has 0 aliphatic carbocycles. The average Bonchev–Trinajstić information content (AvgIpc) is 3.65. The van der Waals surface area contributed by atoms with E-state index in [-0.39, 0.29) is 24.3 Å². The zero-order chi connectivity index (χ0) is 29.3. The number of carbonyl (C=O) groups is 1. The van der Waals surface area contributed by atoms with Crippen LogP contribution < -0.4 is 4.74 Å². The number of aromatic nitrogens is 2. The Hall–Kier alpha value is -4.17. The molecule has 220 valence electrons. The van der Waals surface area contributed by atoms with Gasteiger partial charge in [0.15, 0.2) is 0 Å². The number of amides is 1. The second-order valence-corrected chi connectivity index (χ2v) is 12.2. The van der Waals surface area contributed by atoms with Crippen LogP contribution in [-0.2, 0) is 9.47 Å². The van der Waals surface area contributed by atoms with E-state index in [0.717, 1.165) is 53.4 Å². The van der Waals surface area contributed by atoms with Crippen LogP contribution in [0.1, 0.15) is 63.6 Å². The van der Waals surface area contributed by atoms with E-state index in [9.17, 15) is 10.1 Å². The summed E-state index contributed by atoms with van der Waals surface area (Å²) in [7, 11) is 0. The molecule has 2 saturated heterocycles. The van der Waals surface area contributed by atoms with Gasteiger partial charge < -0.3 is 24.1 Å². The number of nitriles is 1. The van der Waals surface area contributed by atoms with E-state index in [1.165, 1.54) is 0 Å². The normalized spacial score (nSPS) is 20.2. The quantitative estimate of drug-likeness (QED) is 0.411. The van der Waals surface area contributed by atoms with Crippen LogP contribution in [0.15, 0.2) is 47.0 Å². The highest BCUT2D eigenvalue weighted by atomic mass is 16.6. The van der Waals surface area contributed by atoms with Crippen molar-refractivity contribution in [2.75, 3.05) is 32.8 Å². The minimum atomic E-state index is -0.501. The first kappa shape index (κ1) is 28.0. The standard InChI is InChI=1S/C31H37N7O4/c1-31(2,3)42-30(39)37-10-6-23(7-11-37)38-19-27(35-36-38)22-15-25-26(18-34-29(25)33-17-22)20-4-5-28(21(14-20)16-32)41-24-8-12-40-13-9-24/h4-5,14-15,17-18,23-24,27H,6-13,19H2,1-3H3,(H,33,34). The number of carbonyl (C=O) groups excluding carboxylic acids is 1. The second kappa shape index (κ2) is 11.6. The third-order valence-corrected chi connectivity index (χ3v) is 8.01. The molecule has 1 aromatic carbocycles. The number of likely N-dealkylation sites (tertiary alicyclic amines) is 1. The number of benzene rings is 1. The summed E-state index contributed by atoms with van der Waals surface area (Å²) in [5.41, 5.74) is 3.66. The molecule has 3 aromatic rings. The predicted molar refractivity (Wildman–Crippen MR) is 156 cm³/mol. The lowest BCUT2D eigenvalue weighted by Gasteiger charge is -2.36. The lowest BCUT2D eigenvalue weighted by Crippen LogP contribution is -2.46. The Balaban J connectivity index is 1.13. The van der Waals surface area contributed by atoms with Crippen LogP contribution in [-0.4, -0.2) is 76.6 Å². The van der Waals surface area contributed by atoms with E-state index in [0.29, 0.717) is 44.2 Å². The maximum absolute atomic E-state index is 12.4. The largest absolute Gasteiger partial charge is 0.489 e. The van der Waals surface area contributed by atoms with Gasteiger partial charge in [-0.1, -0.05) is 11.3 Å². The Morgan fingerprint density at radius 1 is 1.14 bits per heavy atom. The molecule has 6 rings (SSSR count). The first-order valence-corrected chi connectivity index (χ1v) is 14.7. The Morgan fingerprint density at radius 3 is 2.67 bits per heavy atom. The molecule has 3 aliphatic heterocycles. The van der Waals surface area contributed by atoms with Crippen LogP contribution >= 0.6 is 0 Å². The van der Waals surface area contributed by atoms with E-state index in [1.54, 1.807) is 4.90 Å². The van der Waals surface area contributed by atoms with Crippen molar-refractivity contribution in [1.29, 1.82) is 5.26 Å². The van der Waals surface area contributed by atoms with Gasteiger partial charge in [-0.2, -0.15) is 10.4 Å². The highest BCUT2D eigenvalue weighted by Crippen LogP contribution is 2.35. The van der Waals surface area contributed by atoms with E-state index in [2.05, 4.69) is 37.4 Å². The number of pyridine rings is 1. The van der Waals surface area contributed by atoms with E-state index in [1.807, 2.05) is 51.4 Å². The zero-order valence-electron chi connectivity index (χ0n) is 24.4. The Kier molecular flexibility index (Phi) is 7.73. The summed E-state index contributed by atoms with van der Waals surface area (Å²) >= 11 is 0. The SMILES string of the molecule is CC(C)(C)OC(=O)N1CCC(N2CC(c3cnc4[nH]cc(-c5ccc(OC6CCOCC6)c(C#N)c5)c4c3)N=N2)CC1. The number of aromatic amines is 1. The van der Waals surface area contributed by atoms with Gasteiger partial charge in [0.25, 0.3) is 0 Å². The van der Waals surface area contributed by atoms with E-state index >= 15 is 0 Å². The summed E-state index contributed by atoms with van der Waals surface area (Å²) in [4.78, 5) is 22.2. The van der Waals surface area contributed by atoms with Crippen molar-refractivity contribution >= 4 is 17.1 Å². The molecule has 1 amide bonds. The van der Waals surface area contributed by atoms with Crippen molar-refractivity contribution in [1.82, 2.24) is 19.9 Å². The van der Waals surface area contributed by atoms with Crippen LogP contribution in [0, 0.1) is 11.3 Å². The maximum Gasteiger partial charge on any atom is 0.410 e. The van der Waals surface area contributed by atoms with Gasteiger partial charge in [0.05, 0.1) is 31.4 Å². The summed E-state index contributed by atoms with van der Waals surface area (Å²) < 4.78 is 17.1. The first-order chi connectivity index (χ1) is 20.3. The minimum Gasteiger partial charge on any atom is -0.489 e. The van der Waals surface area contributed by atoms with Crippen molar-refractivity contribution in [3.05, 3.63) is 47.8 Å². The smallest absolute Gasteiger partial charge is 0.410 e. The van der Waals surface area contributed by atoms with Gasteiger partial charge in [-0.05, 0) is 62.9 Å². The van der Waals surface area contributed by atoms with Gasteiger partial charge in [-0.3, -0.25) is 5.01 Å². The predicted octanol–water partition coefficient (Wildman–Crippen LogP) is 5.78. The number of nitrogens with one attached hydrogen (secondary N) is 1. The van der Waals surface area contributed by atoms with E-state index in [4.69, 9.17) is 14.2 Å². The number of fused-ring (bicyclic) bond motifs is 1. The third kappa shape index (κ3) is 6.04. The molecule has 0 radical (unpaired) electrons. The third-order valence-electron chi connectivity index (χ3n) is 8.01. The molecule has 2 aromatic heterocycles. The van der Waals surface area contributed by atoms with Crippen molar-refractivity contribution < 1.29 is 19.0 Å². The monoisotopic (exact) mass is 571 g/mol.